The van der Waals surface area contributed by atoms with Gasteiger partial charge in [0.25, 0.3) is 0 Å². The number of aryl methyl sites for hydroxylation is 1. The third-order valence-corrected chi connectivity index (χ3v) is 9.46. The number of para-hydroxylation sites is 2. The topological polar surface area (TPSA) is 46.0 Å². The number of rotatable bonds is 5. The number of aliphatic hydroxyl groups is 1. The Labute approximate surface area is 223 Å². The highest BCUT2D eigenvalue weighted by atomic mass is 16.3. The smallest absolute Gasteiger partial charge is 0.131 e. The summed E-state index contributed by atoms with van der Waals surface area (Å²) in [6, 6.07) is 25.6. The second kappa shape index (κ2) is 9.00. The number of hydrogen-bond donors (Lipinski definition) is 1. The third kappa shape index (κ3) is 3.66. The molecule has 4 heteroatoms. The summed E-state index contributed by atoms with van der Waals surface area (Å²) in [7, 11) is 0. The van der Waals surface area contributed by atoms with E-state index in [4.69, 9.17) is 4.98 Å². The maximum atomic E-state index is 12.2. The van der Waals surface area contributed by atoms with Gasteiger partial charge in [-0.2, -0.15) is 0 Å². The van der Waals surface area contributed by atoms with Crippen molar-refractivity contribution in [3.63, 3.8) is 0 Å². The van der Waals surface area contributed by atoms with Gasteiger partial charge in [-0.25, -0.2) is 4.98 Å². The number of fused-ring (bicyclic) bond motifs is 6. The number of hydrogen-bond acceptors (Lipinski definition) is 3. The summed E-state index contributed by atoms with van der Waals surface area (Å²) in [5.41, 5.74) is 6.58. The molecule has 2 bridgehead atoms. The van der Waals surface area contributed by atoms with E-state index in [0.29, 0.717) is 11.8 Å². The number of piperidine rings is 3. The molecule has 38 heavy (non-hydrogen) atoms. The zero-order valence-corrected chi connectivity index (χ0v) is 21.9. The molecule has 5 aromatic rings. The Bertz CT molecular complexity index is 1640. The zero-order valence-electron chi connectivity index (χ0n) is 21.9. The lowest BCUT2D eigenvalue weighted by atomic mass is 9.71. The highest BCUT2D eigenvalue weighted by molar-refractivity contribution is 5.97. The molecule has 0 aliphatic carbocycles. The van der Waals surface area contributed by atoms with Gasteiger partial charge in [0.1, 0.15) is 18.7 Å². The molecule has 190 valence electrons. The molecule has 3 saturated heterocycles. The summed E-state index contributed by atoms with van der Waals surface area (Å²) in [6.45, 7) is 9.31. The fraction of sp³-hybridized carbons (Fsp3) is 0.294. The quantitative estimate of drug-likeness (QED) is 0.162. The highest BCUT2D eigenvalue weighted by Crippen LogP contribution is 2.49. The first-order chi connectivity index (χ1) is 18.6. The van der Waals surface area contributed by atoms with E-state index in [9.17, 15) is 5.11 Å². The van der Waals surface area contributed by atoms with Crippen molar-refractivity contribution in [1.82, 2.24) is 9.97 Å². The van der Waals surface area contributed by atoms with Crippen molar-refractivity contribution in [1.29, 1.82) is 0 Å². The zero-order chi connectivity index (χ0) is 25.9. The van der Waals surface area contributed by atoms with Crippen LogP contribution in [-0.4, -0.2) is 38.7 Å². The lowest BCUT2D eigenvalue weighted by Gasteiger charge is -2.58. The average Bonchev–Trinajstić information content (AvgIpc) is 2.96. The maximum Gasteiger partial charge on any atom is 0.131 e. The standard InChI is InChI=1S/C34H34N3O/c1-3-23-20-37(21-29-25-8-4-6-10-31(25)36-32-11-7-5-9-26(29)32)17-15-24(23)19-33(37)34(38)27-14-16-35-30-13-12-22(2)18-28(27)30/h3-14,16,18,23-24,33-34,38H,1,15,17,19-21H2,2H3/q+1/t23?,24?,33-,34+,37?/m0/s1. The molecule has 4 nitrogen and oxygen atoms in total. The van der Waals surface area contributed by atoms with Crippen molar-refractivity contribution < 1.29 is 9.59 Å². The van der Waals surface area contributed by atoms with Gasteiger partial charge in [-0.15, -0.1) is 6.58 Å². The van der Waals surface area contributed by atoms with Crippen LogP contribution < -0.4 is 0 Å². The van der Waals surface area contributed by atoms with Crippen LogP contribution in [0.4, 0.5) is 0 Å². The van der Waals surface area contributed by atoms with Crippen molar-refractivity contribution in [2.24, 2.45) is 11.8 Å². The number of benzene rings is 3. The van der Waals surface area contributed by atoms with E-state index in [1.165, 1.54) is 28.3 Å². The molecule has 0 amide bonds. The summed E-state index contributed by atoms with van der Waals surface area (Å²) in [6.07, 6.45) is 5.65. The lowest BCUT2D eigenvalue weighted by molar-refractivity contribution is -0.984. The van der Waals surface area contributed by atoms with Crippen molar-refractivity contribution >= 4 is 32.7 Å². The van der Waals surface area contributed by atoms with Crippen molar-refractivity contribution in [2.45, 2.75) is 38.5 Å². The summed E-state index contributed by atoms with van der Waals surface area (Å²) < 4.78 is 0.877. The Morgan fingerprint density at radius 3 is 2.45 bits per heavy atom. The first-order valence-corrected chi connectivity index (χ1v) is 13.8. The van der Waals surface area contributed by atoms with Crippen molar-refractivity contribution in [3.8, 4) is 0 Å². The molecule has 1 N–H and O–H groups in total. The van der Waals surface area contributed by atoms with Gasteiger partial charge in [0.2, 0.25) is 0 Å². The van der Waals surface area contributed by atoms with E-state index in [-0.39, 0.29) is 6.04 Å². The van der Waals surface area contributed by atoms with E-state index >= 15 is 0 Å². The largest absolute Gasteiger partial charge is 0.382 e. The fourth-order valence-corrected chi connectivity index (χ4v) is 7.54. The summed E-state index contributed by atoms with van der Waals surface area (Å²) >= 11 is 0. The first kappa shape index (κ1) is 23.5. The molecule has 5 heterocycles. The van der Waals surface area contributed by atoms with Crippen LogP contribution >= 0.6 is 0 Å². The Balaban J connectivity index is 1.39. The van der Waals surface area contributed by atoms with Gasteiger partial charge in [-0.05, 0) is 48.7 Å². The molecule has 2 aromatic heterocycles. The lowest BCUT2D eigenvalue weighted by Crippen LogP contribution is -2.67. The number of quaternary nitrogens is 1. The molecule has 8 rings (SSSR count). The molecule has 3 aromatic carbocycles. The third-order valence-electron chi connectivity index (χ3n) is 9.46. The second-order valence-corrected chi connectivity index (χ2v) is 11.5. The maximum absolute atomic E-state index is 12.2. The van der Waals surface area contributed by atoms with Crippen LogP contribution in [0.5, 0.6) is 0 Å². The predicted octanol–water partition coefficient (Wildman–Crippen LogP) is 6.89. The number of aliphatic hydroxyl groups excluding tert-OH is 1. The normalized spacial score (nSPS) is 25.7. The Kier molecular flexibility index (Phi) is 5.57. The summed E-state index contributed by atoms with van der Waals surface area (Å²) in [5.74, 6) is 1.05. The Morgan fingerprint density at radius 1 is 0.974 bits per heavy atom. The van der Waals surface area contributed by atoms with E-state index < -0.39 is 6.10 Å². The number of pyridine rings is 2. The van der Waals surface area contributed by atoms with Crippen LogP contribution in [0.15, 0.2) is 91.6 Å². The van der Waals surface area contributed by atoms with Gasteiger partial charge in [0.15, 0.2) is 0 Å². The molecule has 3 unspecified atom stereocenters. The highest BCUT2D eigenvalue weighted by Gasteiger charge is 2.54. The number of aromatic nitrogens is 2. The van der Waals surface area contributed by atoms with Gasteiger partial charge in [-0.1, -0.05) is 54.1 Å². The van der Waals surface area contributed by atoms with Crippen molar-refractivity contribution in [2.75, 3.05) is 13.1 Å². The van der Waals surface area contributed by atoms with Gasteiger partial charge >= 0.3 is 0 Å². The number of nitrogens with zero attached hydrogens (tertiary/aromatic N) is 3. The van der Waals surface area contributed by atoms with Crippen LogP contribution in [0.3, 0.4) is 0 Å². The van der Waals surface area contributed by atoms with Gasteiger partial charge in [-0.3, -0.25) is 4.98 Å². The minimum atomic E-state index is -0.560. The summed E-state index contributed by atoms with van der Waals surface area (Å²) in [4.78, 5) is 9.59. The van der Waals surface area contributed by atoms with E-state index in [1.54, 1.807) is 0 Å². The molecule has 5 atom stereocenters. The molecular weight excluding hydrogens is 466 g/mol. The molecule has 0 saturated carbocycles. The van der Waals surface area contributed by atoms with Crippen LogP contribution in [0, 0.1) is 18.8 Å². The van der Waals surface area contributed by atoms with Crippen LogP contribution in [-0.2, 0) is 6.54 Å². The van der Waals surface area contributed by atoms with Crippen LogP contribution in [0.25, 0.3) is 32.7 Å². The minimum absolute atomic E-state index is 0.113. The summed E-state index contributed by atoms with van der Waals surface area (Å²) in [5, 5.41) is 15.7. The molecule has 3 fully saturated rings. The van der Waals surface area contributed by atoms with E-state index in [0.717, 1.165) is 58.0 Å². The molecular formula is C34H34N3O+. The van der Waals surface area contributed by atoms with Crippen LogP contribution in [0.1, 0.15) is 35.6 Å². The Morgan fingerprint density at radius 2 is 1.71 bits per heavy atom. The van der Waals surface area contributed by atoms with Crippen molar-refractivity contribution in [3.05, 3.63) is 108 Å². The van der Waals surface area contributed by atoms with Gasteiger partial charge < -0.3 is 9.59 Å². The fourth-order valence-electron chi connectivity index (χ4n) is 7.54. The second-order valence-electron chi connectivity index (χ2n) is 11.5. The van der Waals surface area contributed by atoms with E-state index in [2.05, 4.69) is 91.3 Å². The SMILES string of the molecule is C=CC1C[N+]2(Cc3c4ccccc4nc4ccccc34)CCC1C[C@H]2[C@H](O)c1ccnc2ccc(C)cc12. The van der Waals surface area contributed by atoms with Gasteiger partial charge in [0, 0.05) is 46.7 Å². The monoisotopic (exact) mass is 500 g/mol. The Hall–Kier alpha value is -3.60. The van der Waals surface area contributed by atoms with Crippen LogP contribution in [0.2, 0.25) is 0 Å². The molecule has 3 aliphatic heterocycles. The molecule has 3 aliphatic rings. The molecule has 0 spiro atoms. The predicted molar refractivity (Wildman–Crippen MR) is 155 cm³/mol. The van der Waals surface area contributed by atoms with Gasteiger partial charge in [0.05, 0.1) is 29.6 Å². The average molecular weight is 501 g/mol. The van der Waals surface area contributed by atoms with E-state index in [1.807, 2.05) is 12.3 Å². The molecule has 0 radical (unpaired) electrons. The first-order valence-electron chi connectivity index (χ1n) is 13.8. The minimum Gasteiger partial charge on any atom is -0.382 e.